The summed E-state index contributed by atoms with van der Waals surface area (Å²) in [6.07, 6.45) is 3.16. The van der Waals surface area contributed by atoms with Gasteiger partial charge in [-0.25, -0.2) is 13.6 Å². The van der Waals surface area contributed by atoms with E-state index in [0.717, 1.165) is 19.3 Å². The van der Waals surface area contributed by atoms with E-state index < -0.39 is 17.6 Å². The van der Waals surface area contributed by atoms with Crippen molar-refractivity contribution < 1.29 is 27.8 Å². The number of carbonyl (C=O) groups is 1. The largest absolute Gasteiger partial charge is 0.490 e. The van der Waals surface area contributed by atoms with Crippen LogP contribution in [0.2, 0.25) is 0 Å². The molecule has 2 aliphatic heterocycles. The van der Waals surface area contributed by atoms with Crippen molar-refractivity contribution in [3.63, 3.8) is 0 Å². The van der Waals surface area contributed by atoms with Gasteiger partial charge in [-0.2, -0.15) is 0 Å². The lowest BCUT2D eigenvalue weighted by Crippen LogP contribution is -2.30. The van der Waals surface area contributed by atoms with Gasteiger partial charge in [-0.05, 0) is 31.4 Å². The number of ether oxygens (including phenoxy) is 3. The highest BCUT2D eigenvalue weighted by Gasteiger charge is 2.27. The van der Waals surface area contributed by atoms with Gasteiger partial charge in [-0.3, -0.25) is 9.69 Å². The normalized spacial score (nSPS) is 18.9. The Hall–Kier alpha value is -2.78. The van der Waals surface area contributed by atoms with Gasteiger partial charge < -0.3 is 18.8 Å². The summed E-state index contributed by atoms with van der Waals surface area (Å²) in [6, 6.07) is 5.09. The molecule has 0 saturated carbocycles. The molecule has 0 amide bonds. The lowest BCUT2D eigenvalue weighted by atomic mass is 10.1. The van der Waals surface area contributed by atoms with Crippen LogP contribution in [-0.2, 0) is 29.0 Å². The molecule has 0 radical (unpaired) electrons. The Bertz CT molecular complexity index is 1050. The molecular formula is C24H28F2N2O5. The Morgan fingerprint density at radius 3 is 2.67 bits per heavy atom. The van der Waals surface area contributed by atoms with Crippen LogP contribution in [0.5, 0.6) is 5.75 Å². The Labute approximate surface area is 190 Å². The Morgan fingerprint density at radius 2 is 1.97 bits per heavy atom. The first-order valence-electron chi connectivity index (χ1n) is 11.2. The zero-order valence-corrected chi connectivity index (χ0v) is 18.6. The molecule has 1 unspecified atom stereocenters. The van der Waals surface area contributed by atoms with Crippen molar-refractivity contribution in [2.75, 3.05) is 33.4 Å². The maximum absolute atomic E-state index is 14.1. The van der Waals surface area contributed by atoms with E-state index in [1.807, 2.05) is 4.90 Å². The molecule has 0 aliphatic carbocycles. The minimum atomic E-state index is -0.607. The second-order valence-electron chi connectivity index (χ2n) is 8.34. The highest BCUT2D eigenvalue weighted by Crippen LogP contribution is 2.26. The number of carbonyl (C=O) groups excluding carboxylic acids is 1. The van der Waals surface area contributed by atoms with Crippen molar-refractivity contribution in [1.82, 2.24) is 9.47 Å². The third kappa shape index (κ3) is 5.25. The number of hydrogen-bond acceptors (Lipinski definition) is 6. The maximum atomic E-state index is 14.1. The third-order valence-electron chi connectivity index (χ3n) is 6.22. The summed E-state index contributed by atoms with van der Waals surface area (Å²) in [4.78, 5) is 27.4. The van der Waals surface area contributed by atoms with Crippen LogP contribution in [0.4, 0.5) is 8.78 Å². The molecule has 33 heavy (non-hydrogen) atoms. The summed E-state index contributed by atoms with van der Waals surface area (Å²) in [5, 5.41) is 0. The first-order chi connectivity index (χ1) is 16.0. The number of pyridine rings is 1. The number of benzene rings is 1. The molecule has 1 saturated heterocycles. The first kappa shape index (κ1) is 23.4. The quantitative estimate of drug-likeness (QED) is 0.615. The fraction of sp³-hybridized carbons (Fsp3) is 0.500. The van der Waals surface area contributed by atoms with Gasteiger partial charge in [0.2, 0.25) is 0 Å². The van der Waals surface area contributed by atoms with Gasteiger partial charge in [0.1, 0.15) is 29.6 Å². The van der Waals surface area contributed by atoms with Gasteiger partial charge in [0.05, 0.1) is 13.2 Å². The first-order valence-corrected chi connectivity index (χ1v) is 11.2. The topological polar surface area (TPSA) is 70.0 Å². The number of hydrogen-bond donors (Lipinski definition) is 0. The number of fused-ring (bicyclic) bond motifs is 1. The predicted molar refractivity (Wildman–Crippen MR) is 116 cm³/mol. The fourth-order valence-corrected chi connectivity index (χ4v) is 4.42. The minimum absolute atomic E-state index is 0.0134. The van der Waals surface area contributed by atoms with Crippen LogP contribution in [0.15, 0.2) is 29.1 Å². The van der Waals surface area contributed by atoms with Crippen LogP contribution in [0, 0.1) is 11.6 Å². The van der Waals surface area contributed by atoms with Gasteiger partial charge in [0.25, 0.3) is 5.56 Å². The van der Waals surface area contributed by atoms with Crippen molar-refractivity contribution in [2.24, 2.45) is 0 Å². The molecule has 0 spiro atoms. The number of aromatic nitrogens is 1. The van der Waals surface area contributed by atoms with Crippen LogP contribution in [0.3, 0.4) is 0 Å². The van der Waals surface area contributed by atoms with Crippen LogP contribution in [0.25, 0.3) is 0 Å². The van der Waals surface area contributed by atoms with Gasteiger partial charge >= 0.3 is 5.97 Å². The molecule has 0 N–H and O–H groups in total. The van der Waals surface area contributed by atoms with Gasteiger partial charge in [-0.1, -0.05) is 6.07 Å². The zero-order chi connectivity index (χ0) is 23.4. The van der Waals surface area contributed by atoms with E-state index in [1.54, 1.807) is 0 Å². The summed E-state index contributed by atoms with van der Waals surface area (Å²) in [5.41, 5.74) is 0.411. The molecule has 1 atom stereocenters. The zero-order valence-electron chi connectivity index (χ0n) is 18.6. The average molecular weight is 462 g/mol. The smallest absolute Gasteiger partial charge is 0.343 e. The van der Waals surface area contributed by atoms with E-state index in [4.69, 9.17) is 14.2 Å². The van der Waals surface area contributed by atoms with Crippen LogP contribution in [-0.4, -0.2) is 55.0 Å². The molecule has 1 fully saturated rings. The predicted octanol–water partition coefficient (Wildman–Crippen LogP) is 2.92. The van der Waals surface area contributed by atoms with E-state index in [2.05, 4.69) is 0 Å². The standard InChI is InChI=1S/C24H28F2N2O5/c1-31-24(30)23-20-8-9-27(14-17-18(25)6-4-7-19(17)26)10-11-28(20)22(29)13-21(23)33-15-16-5-2-3-12-32-16/h4,6-7,13,16H,2-3,5,8-12,14-15H2,1H3. The van der Waals surface area contributed by atoms with E-state index in [-0.39, 0.29) is 48.2 Å². The van der Waals surface area contributed by atoms with E-state index in [9.17, 15) is 18.4 Å². The lowest BCUT2D eigenvalue weighted by Gasteiger charge is -2.24. The molecule has 1 aromatic heterocycles. The number of esters is 1. The minimum Gasteiger partial charge on any atom is -0.490 e. The summed E-state index contributed by atoms with van der Waals surface area (Å²) < 4.78 is 46.4. The van der Waals surface area contributed by atoms with E-state index in [0.29, 0.717) is 31.8 Å². The average Bonchev–Trinajstić information content (AvgIpc) is 3.03. The van der Waals surface area contributed by atoms with Crippen LogP contribution in [0.1, 0.15) is 40.9 Å². The number of nitrogens with zero attached hydrogens (tertiary/aromatic N) is 2. The second kappa shape index (κ2) is 10.4. The molecular weight excluding hydrogens is 434 g/mol. The van der Waals surface area contributed by atoms with Crippen LogP contribution >= 0.6 is 0 Å². The summed E-state index contributed by atoms with van der Waals surface area (Å²) in [5.74, 6) is -1.62. The molecule has 3 heterocycles. The van der Waals surface area contributed by atoms with E-state index >= 15 is 0 Å². The summed E-state index contributed by atoms with van der Waals surface area (Å²) in [6.45, 7) is 2.07. The SMILES string of the molecule is COC(=O)c1c(OCC2CCCCO2)cc(=O)n2c1CCN(Cc1c(F)cccc1F)CC2. The van der Waals surface area contributed by atoms with Gasteiger partial charge in [-0.15, -0.1) is 0 Å². The number of rotatable bonds is 6. The van der Waals surface area contributed by atoms with Crippen molar-refractivity contribution in [2.45, 2.75) is 44.9 Å². The molecule has 2 aliphatic rings. The highest BCUT2D eigenvalue weighted by molar-refractivity contribution is 5.93. The lowest BCUT2D eigenvalue weighted by molar-refractivity contribution is -0.0114. The fourth-order valence-electron chi connectivity index (χ4n) is 4.42. The maximum Gasteiger partial charge on any atom is 0.343 e. The Morgan fingerprint density at radius 1 is 1.18 bits per heavy atom. The highest BCUT2D eigenvalue weighted by atomic mass is 19.1. The molecule has 1 aromatic carbocycles. The monoisotopic (exact) mass is 462 g/mol. The van der Waals surface area contributed by atoms with E-state index in [1.165, 1.54) is 35.9 Å². The Balaban J connectivity index is 1.58. The number of halogens is 2. The molecule has 7 nitrogen and oxygen atoms in total. The molecule has 2 aromatic rings. The van der Waals surface area contributed by atoms with Gasteiger partial charge in [0, 0.05) is 56.5 Å². The van der Waals surface area contributed by atoms with Crippen molar-refractivity contribution in [1.29, 1.82) is 0 Å². The molecule has 178 valence electrons. The van der Waals surface area contributed by atoms with Gasteiger partial charge in [0.15, 0.2) is 0 Å². The summed E-state index contributed by atoms with van der Waals surface area (Å²) in [7, 11) is 1.28. The van der Waals surface area contributed by atoms with Crippen molar-refractivity contribution >= 4 is 5.97 Å². The van der Waals surface area contributed by atoms with Crippen molar-refractivity contribution in [3.05, 3.63) is 63.1 Å². The third-order valence-corrected chi connectivity index (χ3v) is 6.22. The summed E-state index contributed by atoms with van der Waals surface area (Å²) >= 11 is 0. The second-order valence-corrected chi connectivity index (χ2v) is 8.34. The molecule has 9 heteroatoms. The molecule has 4 rings (SSSR count). The van der Waals surface area contributed by atoms with Crippen LogP contribution < -0.4 is 10.3 Å². The molecule has 0 bridgehead atoms. The van der Waals surface area contributed by atoms with Crippen molar-refractivity contribution in [3.8, 4) is 5.75 Å². The Kier molecular flexibility index (Phi) is 7.39. The number of methoxy groups -OCH3 is 1.